The zero-order valence-electron chi connectivity index (χ0n) is 15.8. The Morgan fingerprint density at radius 3 is 2.90 bits per heavy atom. The molecule has 2 atom stereocenters. The number of nitrogens with one attached hydrogen (secondary N) is 1. The van der Waals surface area contributed by atoms with Crippen molar-refractivity contribution in [2.75, 3.05) is 25.1 Å². The first-order valence-electron chi connectivity index (χ1n) is 9.18. The van der Waals surface area contributed by atoms with Crippen LogP contribution in [0.5, 0.6) is 5.75 Å². The number of rotatable bonds is 5. The molecule has 2 N–H and O–H groups in total. The molecule has 0 aromatic heterocycles. The number of hydrogen-bond donors (Lipinski definition) is 2. The van der Waals surface area contributed by atoms with E-state index in [2.05, 4.69) is 5.32 Å². The summed E-state index contributed by atoms with van der Waals surface area (Å²) in [6.07, 6.45) is -1.68. The maximum absolute atomic E-state index is 13.3. The van der Waals surface area contributed by atoms with Gasteiger partial charge in [0, 0.05) is 0 Å². The van der Waals surface area contributed by atoms with E-state index in [-0.39, 0.29) is 6.61 Å². The molecular formula is C19H19F2IN3O5-. The van der Waals surface area contributed by atoms with E-state index < -0.39 is 51.8 Å². The van der Waals surface area contributed by atoms with Gasteiger partial charge in [-0.15, -0.1) is 0 Å². The van der Waals surface area contributed by atoms with Crippen LogP contribution in [0.2, 0.25) is 0 Å². The Labute approximate surface area is 181 Å². The van der Waals surface area contributed by atoms with Gasteiger partial charge < -0.3 is 0 Å². The van der Waals surface area contributed by atoms with Crippen molar-refractivity contribution >= 4 is 23.4 Å². The average Bonchev–Trinajstić information content (AvgIpc) is 3.00. The van der Waals surface area contributed by atoms with Gasteiger partial charge in [0.15, 0.2) is 0 Å². The predicted molar refractivity (Wildman–Crippen MR) is 98.4 cm³/mol. The molecule has 162 valence electrons. The first-order valence-corrected chi connectivity index (χ1v) is 11.5. The summed E-state index contributed by atoms with van der Waals surface area (Å²) in [5.74, 6) is -0.352. The molecule has 8 nitrogen and oxygen atoms in total. The number of carboxylic acids is 1. The molecule has 3 aliphatic heterocycles. The third-order valence-electron chi connectivity index (χ3n) is 4.87. The van der Waals surface area contributed by atoms with E-state index in [1.54, 1.807) is 25.3 Å². The van der Waals surface area contributed by atoms with Crippen LogP contribution in [0.3, 0.4) is 0 Å². The Morgan fingerprint density at radius 1 is 1.37 bits per heavy atom. The fraction of sp³-hybridized carbons (Fsp3) is 0.368. The van der Waals surface area contributed by atoms with E-state index in [0.29, 0.717) is 28.3 Å². The van der Waals surface area contributed by atoms with E-state index in [0.717, 1.165) is 16.2 Å². The number of ether oxygens (including phenoxy) is 2. The molecule has 30 heavy (non-hydrogen) atoms. The summed E-state index contributed by atoms with van der Waals surface area (Å²) < 4.78 is 39.8. The van der Waals surface area contributed by atoms with E-state index in [9.17, 15) is 18.4 Å². The SMILES string of the molecule is C[C@H](Nc1ccc2c(c1)OCCN1C=C(N3C(=O)OC[C@H]3C(F)F)[I-]C=C21)C(=O)O. The van der Waals surface area contributed by atoms with Crippen LogP contribution >= 0.6 is 0 Å². The van der Waals surface area contributed by atoms with Crippen LogP contribution in [0, 0.1) is 0 Å². The van der Waals surface area contributed by atoms with Gasteiger partial charge in [0.2, 0.25) is 0 Å². The summed E-state index contributed by atoms with van der Waals surface area (Å²) in [6, 6.07) is 3.35. The molecule has 3 aliphatic rings. The van der Waals surface area contributed by atoms with Crippen molar-refractivity contribution in [3.05, 3.63) is 37.7 Å². The minimum absolute atomic E-state index is 0.315. The molecule has 1 aromatic rings. The molecule has 0 bridgehead atoms. The molecule has 4 rings (SSSR count). The third-order valence-corrected chi connectivity index (χ3v) is 7.21. The topological polar surface area (TPSA) is 91.3 Å². The van der Waals surface area contributed by atoms with Crippen molar-refractivity contribution < 1.29 is 54.2 Å². The number of alkyl halides is 2. The van der Waals surface area contributed by atoms with Crippen LogP contribution in [-0.2, 0) is 9.53 Å². The van der Waals surface area contributed by atoms with Gasteiger partial charge in [-0.3, -0.25) is 0 Å². The van der Waals surface area contributed by atoms with Crippen molar-refractivity contribution in [3.8, 4) is 5.75 Å². The van der Waals surface area contributed by atoms with Gasteiger partial charge in [-0.1, -0.05) is 0 Å². The molecule has 11 heteroatoms. The number of aliphatic carboxylic acids is 1. The first-order chi connectivity index (χ1) is 14.3. The van der Waals surface area contributed by atoms with Crippen LogP contribution in [0.15, 0.2) is 32.2 Å². The first kappa shape index (κ1) is 20.7. The summed E-state index contributed by atoms with van der Waals surface area (Å²) in [5.41, 5.74) is 2.34. The number of anilines is 1. The maximum atomic E-state index is 13.3. The van der Waals surface area contributed by atoms with Gasteiger partial charge in [0.25, 0.3) is 0 Å². The number of carboxylic acid groups (broad SMARTS) is 1. The monoisotopic (exact) mass is 534 g/mol. The average molecular weight is 534 g/mol. The number of hydrogen-bond acceptors (Lipinski definition) is 6. The van der Waals surface area contributed by atoms with Crippen molar-refractivity contribution in [2.45, 2.75) is 25.4 Å². The van der Waals surface area contributed by atoms with Gasteiger partial charge in [-0.25, -0.2) is 0 Å². The Morgan fingerprint density at radius 2 is 2.17 bits per heavy atom. The van der Waals surface area contributed by atoms with Crippen LogP contribution in [0.1, 0.15) is 12.5 Å². The zero-order valence-corrected chi connectivity index (χ0v) is 18.0. The molecule has 3 heterocycles. The van der Waals surface area contributed by atoms with E-state index >= 15 is 0 Å². The molecule has 1 saturated heterocycles. The van der Waals surface area contributed by atoms with Gasteiger partial charge in [0.1, 0.15) is 0 Å². The second-order valence-electron chi connectivity index (χ2n) is 6.86. The van der Waals surface area contributed by atoms with Gasteiger partial charge in [0.05, 0.1) is 0 Å². The summed E-state index contributed by atoms with van der Waals surface area (Å²) in [6.45, 7) is 2.05. The number of halogens is 3. The standard InChI is InChI=1S/C19H19F2IN3O5/c1-10(18(26)27)23-11-2-3-12-13-7-22-16(8-24(13)4-5-29-15(12)6-11)25-14(17(20)21)9-30-19(25)28/h2-3,6-8,10,14,17,23H,4-5,9H2,1H3,(H,26,27)/q-1/t10-,14-/m0/s1. The van der Waals surface area contributed by atoms with Crippen LogP contribution in [-0.4, -0.2) is 65.2 Å². The zero-order chi connectivity index (χ0) is 21.4. The summed E-state index contributed by atoms with van der Waals surface area (Å²) in [4.78, 5) is 26.1. The number of carbonyl (C=O) groups is 2. The second-order valence-corrected chi connectivity index (χ2v) is 9.21. The fourth-order valence-electron chi connectivity index (χ4n) is 3.29. The van der Waals surface area contributed by atoms with Crippen molar-refractivity contribution in [1.29, 1.82) is 0 Å². The molecule has 1 aromatic carbocycles. The van der Waals surface area contributed by atoms with Gasteiger partial charge >= 0.3 is 181 Å². The second kappa shape index (κ2) is 8.28. The van der Waals surface area contributed by atoms with Crippen LogP contribution in [0.4, 0.5) is 19.3 Å². The third kappa shape index (κ3) is 3.89. The Kier molecular flexibility index (Phi) is 5.71. The Hall–Kier alpha value is -2.57. The molecule has 0 spiro atoms. The fourth-order valence-corrected chi connectivity index (χ4v) is 5.94. The van der Waals surface area contributed by atoms with E-state index in [4.69, 9.17) is 14.6 Å². The number of benzene rings is 1. The van der Waals surface area contributed by atoms with E-state index in [1.807, 2.05) is 15.0 Å². The normalized spacial score (nSPS) is 21.9. The van der Waals surface area contributed by atoms with Gasteiger partial charge in [-0.05, 0) is 0 Å². The molecule has 0 saturated carbocycles. The van der Waals surface area contributed by atoms with Crippen molar-refractivity contribution in [1.82, 2.24) is 9.80 Å². The number of fused-ring (bicyclic) bond motifs is 3. The number of amides is 1. The van der Waals surface area contributed by atoms with Crippen molar-refractivity contribution in [2.24, 2.45) is 0 Å². The van der Waals surface area contributed by atoms with Gasteiger partial charge in [-0.2, -0.15) is 0 Å². The summed E-state index contributed by atoms with van der Waals surface area (Å²) in [7, 11) is 0. The molecule has 0 radical (unpaired) electrons. The number of cyclic esters (lactones) is 1. The van der Waals surface area contributed by atoms with Crippen molar-refractivity contribution in [3.63, 3.8) is 0 Å². The minimum atomic E-state index is -2.68. The van der Waals surface area contributed by atoms with Crippen LogP contribution < -0.4 is 31.3 Å². The molecule has 0 aliphatic carbocycles. The molecular weight excluding hydrogens is 515 g/mol. The number of nitrogens with zero attached hydrogens (tertiary/aromatic N) is 2. The molecule has 1 fully saturated rings. The Balaban J connectivity index is 1.59. The quantitative estimate of drug-likeness (QED) is 0.391. The van der Waals surface area contributed by atoms with Crippen LogP contribution in [0.25, 0.3) is 5.70 Å². The molecule has 1 amide bonds. The predicted octanol–water partition coefficient (Wildman–Crippen LogP) is -0.448. The number of carbonyl (C=O) groups excluding carboxylic acids is 1. The van der Waals surface area contributed by atoms with E-state index in [1.165, 1.54) is 0 Å². The Bertz CT molecular complexity index is 939. The summed E-state index contributed by atoms with van der Waals surface area (Å²) in [5, 5.41) is 12.0. The molecule has 0 unspecified atom stereocenters. The summed E-state index contributed by atoms with van der Waals surface area (Å²) >= 11 is -0.859.